The molecule has 3 aromatic rings. The molecule has 0 bridgehead atoms. The van der Waals surface area contributed by atoms with Crippen LogP contribution in [-0.2, 0) is 11.3 Å². The second-order valence-corrected chi connectivity index (χ2v) is 6.91. The van der Waals surface area contributed by atoms with Crippen LogP contribution in [0.1, 0.15) is 22.8 Å². The van der Waals surface area contributed by atoms with Gasteiger partial charge in [-0.1, -0.05) is 0 Å². The fourth-order valence-electron chi connectivity index (χ4n) is 3.24. The summed E-state index contributed by atoms with van der Waals surface area (Å²) < 4.78 is 46.5. The van der Waals surface area contributed by atoms with Crippen molar-refractivity contribution in [3.63, 3.8) is 0 Å². The van der Waals surface area contributed by atoms with Crippen LogP contribution in [-0.4, -0.2) is 47.5 Å². The Morgan fingerprint density at radius 2 is 1.71 bits per heavy atom. The van der Waals surface area contributed by atoms with Crippen molar-refractivity contribution in [1.82, 2.24) is 4.98 Å². The Hall–Kier alpha value is -3.37. The maximum atomic E-state index is 13.4. The Balaban J connectivity index is 2.19. The molecule has 0 saturated heterocycles. The van der Waals surface area contributed by atoms with Crippen molar-refractivity contribution in [2.24, 2.45) is 0 Å². The molecule has 0 fully saturated rings. The van der Waals surface area contributed by atoms with Crippen LogP contribution < -0.4 is 23.7 Å². The van der Waals surface area contributed by atoms with E-state index in [4.69, 9.17) is 18.9 Å². The number of methoxy groups -OCH3 is 3. The third-order valence-electron chi connectivity index (χ3n) is 4.56. The molecule has 1 unspecified atom stereocenters. The normalized spacial score (nSPS) is 11.6. The van der Waals surface area contributed by atoms with Gasteiger partial charge in [-0.05, 0) is 36.6 Å². The zero-order valence-electron chi connectivity index (χ0n) is 17.4. The highest BCUT2D eigenvalue weighted by atomic mass is 32.2. The molecule has 9 nitrogen and oxygen atoms in total. The van der Waals surface area contributed by atoms with Gasteiger partial charge in [0.15, 0.2) is 17.3 Å². The van der Waals surface area contributed by atoms with E-state index < -0.39 is 11.3 Å². The first-order valence-electron chi connectivity index (χ1n) is 9.19. The predicted octanol–water partition coefficient (Wildman–Crippen LogP) is 3.10. The molecule has 0 radical (unpaired) electrons. The van der Waals surface area contributed by atoms with E-state index in [9.17, 15) is 13.6 Å². The smallest absolute Gasteiger partial charge is 0.203 e. The molecule has 2 aromatic carbocycles. The number of anilines is 1. The van der Waals surface area contributed by atoms with E-state index in [-0.39, 0.29) is 17.0 Å². The fourth-order valence-corrected chi connectivity index (χ4v) is 3.61. The third kappa shape index (κ3) is 4.39. The Labute approximate surface area is 181 Å². The average Bonchev–Trinajstić information content (AvgIpc) is 2.78. The summed E-state index contributed by atoms with van der Waals surface area (Å²) in [5.41, 5.74) is 0.772. The number of aromatic nitrogens is 1. The van der Waals surface area contributed by atoms with Gasteiger partial charge in [0.25, 0.3) is 0 Å². The van der Waals surface area contributed by atoms with E-state index in [0.717, 1.165) is 0 Å². The lowest BCUT2D eigenvalue weighted by molar-refractivity contribution is 0.103. The Kier molecular flexibility index (Phi) is 6.93. The molecule has 0 saturated carbocycles. The molecule has 1 aromatic heterocycles. The van der Waals surface area contributed by atoms with Crippen LogP contribution >= 0.6 is 0 Å². The minimum absolute atomic E-state index is 0.208. The molecule has 1 heterocycles. The molecular weight excluding hydrogens is 424 g/mol. The molecule has 0 aliphatic heterocycles. The topological polar surface area (TPSA) is 119 Å². The first-order valence-corrected chi connectivity index (χ1v) is 10.3. The second-order valence-electron chi connectivity index (χ2n) is 6.23. The Morgan fingerprint density at radius 1 is 1.03 bits per heavy atom. The van der Waals surface area contributed by atoms with Crippen molar-refractivity contribution in [2.75, 3.05) is 32.7 Å². The lowest BCUT2D eigenvalue weighted by Gasteiger charge is -2.17. The van der Waals surface area contributed by atoms with E-state index in [1.165, 1.54) is 33.7 Å². The number of hydrogen-bond donors (Lipinski definition) is 1. The van der Waals surface area contributed by atoms with Crippen molar-refractivity contribution in [2.45, 2.75) is 6.92 Å². The minimum atomic E-state index is -2.59. The minimum Gasteiger partial charge on any atom is -0.755 e. The third-order valence-corrected chi connectivity index (χ3v) is 4.93. The summed E-state index contributed by atoms with van der Waals surface area (Å²) in [5, 5.41) is 0.929. The number of ketones is 1. The number of carbonyl (C=O) groups excluding carboxylic acids is 1. The van der Waals surface area contributed by atoms with Gasteiger partial charge in [-0.25, -0.2) is 0 Å². The van der Waals surface area contributed by atoms with E-state index >= 15 is 0 Å². The molecule has 10 heteroatoms. The van der Waals surface area contributed by atoms with E-state index in [1.807, 2.05) is 0 Å². The van der Waals surface area contributed by atoms with Gasteiger partial charge in [0.2, 0.25) is 5.75 Å². The van der Waals surface area contributed by atoms with Crippen LogP contribution in [0.2, 0.25) is 0 Å². The van der Waals surface area contributed by atoms with E-state index in [0.29, 0.717) is 45.9 Å². The van der Waals surface area contributed by atoms with Crippen LogP contribution in [0, 0.1) is 0 Å². The molecule has 164 valence electrons. The average molecular weight is 445 g/mol. The number of rotatable bonds is 9. The van der Waals surface area contributed by atoms with Gasteiger partial charge in [-0.3, -0.25) is 14.0 Å². The zero-order valence-corrected chi connectivity index (χ0v) is 18.2. The number of nitrogens with one attached hydrogen (secondary N) is 1. The van der Waals surface area contributed by atoms with Crippen LogP contribution in [0.15, 0.2) is 36.7 Å². The second kappa shape index (κ2) is 9.63. The number of benzene rings is 2. The summed E-state index contributed by atoms with van der Waals surface area (Å²) in [6.45, 7) is 2.12. The molecule has 1 atom stereocenters. The Morgan fingerprint density at radius 3 is 2.26 bits per heavy atom. The van der Waals surface area contributed by atoms with Crippen molar-refractivity contribution < 1.29 is 32.5 Å². The summed E-state index contributed by atoms with van der Waals surface area (Å²) in [4.78, 5) is 17.5. The summed E-state index contributed by atoms with van der Waals surface area (Å²) >= 11 is -2.59. The van der Waals surface area contributed by atoms with Crippen LogP contribution in [0.3, 0.4) is 0 Å². The lowest BCUT2D eigenvalue weighted by Crippen LogP contribution is -2.08. The summed E-state index contributed by atoms with van der Waals surface area (Å²) in [6, 6.07) is 6.38. The molecule has 0 spiro atoms. The molecule has 0 amide bonds. The quantitative estimate of drug-likeness (QED) is 0.394. The monoisotopic (exact) mass is 445 g/mol. The van der Waals surface area contributed by atoms with Gasteiger partial charge >= 0.3 is 0 Å². The molecule has 0 aliphatic rings. The molecule has 0 aliphatic carbocycles. The predicted molar refractivity (Wildman–Crippen MR) is 115 cm³/mol. The van der Waals surface area contributed by atoms with Gasteiger partial charge in [0, 0.05) is 40.2 Å². The van der Waals surface area contributed by atoms with Crippen molar-refractivity contribution in [3.8, 4) is 23.0 Å². The summed E-state index contributed by atoms with van der Waals surface area (Å²) in [6.07, 6.45) is 2.89. The Bertz CT molecular complexity index is 1130. The maximum Gasteiger partial charge on any atom is 0.203 e. The number of pyridine rings is 1. The molecular formula is C21H21N2O7S-. The number of fused-ring (bicyclic) bond motifs is 1. The fraction of sp³-hybridized carbons (Fsp3) is 0.238. The highest BCUT2D eigenvalue weighted by molar-refractivity contribution is 7.80. The molecule has 3 rings (SSSR count). The highest BCUT2D eigenvalue weighted by Gasteiger charge is 2.21. The van der Waals surface area contributed by atoms with Gasteiger partial charge in [-0.2, -0.15) is 0 Å². The van der Waals surface area contributed by atoms with Gasteiger partial charge < -0.3 is 28.2 Å². The van der Waals surface area contributed by atoms with E-state index in [1.54, 1.807) is 31.2 Å². The van der Waals surface area contributed by atoms with Crippen LogP contribution in [0.4, 0.5) is 5.69 Å². The van der Waals surface area contributed by atoms with Gasteiger partial charge in [0.05, 0.1) is 33.6 Å². The van der Waals surface area contributed by atoms with Gasteiger partial charge in [-0.15, -0.1) is 0 Å². The summed E-state index contributed by atoms with van der Waals surface area (Å²) in [5.74, 6) is 1.01. The zero-order chi connectivity index (χ0) is 22.5. The SMILES string of the molecule is CCOc1ccc2c(C(=O)c3cc(OC)c(OC)c(OC)c3)cncc2c1NS(=O)[O-]. The van der Waals surface area contributed by atoms with Crippen molar-refractivity contribution in [3.05, 3.63) is 47.8 Å². The van der Waals surface area contributed by atoms with Crippen LogP contribution in [0.5, 0.6) is 23.0 Å². The van der Waals surface area contributed by atoms with Crippen molar-refractivity contribution in [1.29, 1.82) is 0 Å². The van der Waals surface area contributed by atoms with E-state index in [2.05, 4.69) is 9.71 Å². The molecule has 1 N–H and O–H groups in total. The summed E-state index contributed by atoms with van der Waals surface area (Å²) in [7, 11) is 4.39. The standard InChI is InChI=1S/C21H22N2O7S/c1-5-30-16-7-6-13-14(19(16)23-31(25)26)10-22-11-15(13)20(24)12-8-17(27-2)21(29-4)18(9-12)28-3/h6-11,23H,5H2,1-4H3,(H,25,26)/p-1. The lowest BCUT2D eigenvalue weighted by atomic mass is 9.98. The number of hydrogen-bond acceptors (Lipinski definition) is 8. The first kappa shape index (κ1) is 22.3. The van der Waals surface area contributed by atoms with Crippen molar-refractivity contribution >= 4 is 33.5 Å². The van der Waals surface area contributed by atoms with Gasteiger partial charge in [0.1, 0.15) is 5.75 Å². The maximum absolute atomic E-state index is 13.4. The first-order chi connectivity index (χ1) is 14.9. The largest absolute Gasteiger partial charge is 0.755 e. The number of carbonyl (C=O) groups is 1. The highest BCUT2D eigenvalue weighted by Crippen LogP contribution is 2.40. The molecule has 31 heavy (non-hydrogen) atoms. The number of ether oxygens (including phenoxy) is 4. The number of nitrogens with zero attached hydrogens (tertiary/aromatic N) is 1. The van der Waals surface area contributed by atoms with Crippen LogP contribution in [0.25, 0.3) is 10.8 Å².